The lowest BCUT2D eigenvalue weighted by Crippen LogP contribution is -2.09. The minimum Gasteiger partial charge on any atom is -0.444 e. The molecule has 18 heavy (non-hydrogen) atoms. The maximum atomic E-state index is 12.6. The molecular formula is C8H7F3NO4PS. The van der Waals surface area contributed by atoms with Crippen LogP contribution in [0.3, 0.4) is 0 Å². The molecule has 0 fully saturated rings. The van der Waals surface area contributed by atoms with Gasteiger partial charge in [-0.25, -0.2) is 0 Å². The molecule has 0 aliphatic carbocycles. The predicted molar refractivity (Wildman–Crippen MR) is 61.2 cm³/mol. The number of alkyl halides is 3. The monoisotopic (exact) mass is 301 g/mol. The van der Waals surface area contributed by atoms with Gasteiger partial charge in [0.15, 0.2) is 0 Å². The maximum Gasteiger partial charge on any atom is 0.423 e. The number of nitrogens with zero attached hydrogens (tertiary/aromatic N) is 1. The van der Waals surface area contributed by atoms with Crippen molar-refractivity contribution in [2.24, 2.45) is 0 Å². The van der Waals surface area contributed by atoms with Crippen molar-refractivity contribution in [2.75, 3.05) is 6.66 Å². The van der Waals surface area contributed by atoms with Crippen molar-refractivity contribution in [1.82, 2.24) is 0 Å². The second kappa shape index (κ2) is 4.83. The number of hydrogen-bond donors (Lipinski definition) is 1. The lowest BCUT2D eigenvalue weighted by atomic mass is 10.1. The van der Waals surface area contributed by atoms with E-state index in [0.29, 0.717) is 12.1 Å². The number of nitro benzene ring substituents is 1. The van der Waals surface area contributed by atoms with Crippen molar-refractivity contribution in [1.29, 1.82) is 0 Å². The van der Waals surface area contributed by atoms with Crippen molar-refractivity contribution in [2.45, 2.75) is 6.18 Å². The summed E-state index contributed by atoms with van der Waals surface area (Å²) in [4.78, 5) is 18.6. The molecule has 1 N–H and O–H groups in total. The second-order valence-electron chi connectivity index (χ2n) is 3.33. The Balaban J connectivity index is 3.31. The molecule has 5 nitrogen and oxygen atoms in total. The Hall–Kier alpha value is -1.18. The topological polar surface area (TPSA) is 72.6 Å². The van der Waals surface area contributed by atoms with E-state index in [2.05, 4.69) is 11.8 Å². The van der Waals surface area contributed by atoms with Gasteiger partial charge < -0.3 is 9.42 Å². The fourth-order valence-electron chi connectivity index (χ4n) is 1.15. The normalized spacial score (nSPS) is 14.9. The molecule has 1 rings (SSSR count). The van der Waals surface area contributed by atoms with Crippen molar-refractivity contribution >= 4 is 24.0 Å². The van der Waals surface area contributed by atoms with Crippen LogP contribution in [0.25, 0.3) is 0 Å². The zero-order chi connectivity index (χ0) is 14.1. The van der Waals surface area contributed by atoms with E-state index in [1.54, 1.807) is 0 Å². The average Bonchev–Trinajstić information content (AvgIpc) is 2.13. The molecule has 0 aliphatic heterocycles. The van der Waals surface area contributed by atoms with Gasteiger partial charge in [0.05, 0.1) is 4.92 Å². The third-order valence-electron chi connectivity index (χ3n) is 1.74. The van der Waals surface area contributed by atoms with E-state index < -0.39 is 28.8 Å². The Morgan fingerprint density at radius 3 is 2.44 bits per heavy atom. The third kappa shape index (κ3) is 3.94. The lowest BCUT2D eigenvalue weighted by Gasteiger charge is -2.14. The van der Waals surface area contributed by atoms with Crippen molar-refractivity contribution in [3.63, 3.8) is 0 Å². The standard InChI is InChI=1S/C8H7F3NO4PS/c1-17(15,18)16-5-2-3-7(12(13)14)6(4-5)8(9,10)11/h2-4H,1H3,(H,15,18). The van der Waals surface area contributed by atoms with Crippen LogP contribution in [-0.4, -0.2) is 16.5 Å². The SMILES string of the molecule is CP(O)(=S)Oc1ccc([N+](=O)[O-])c(C(F)(F)F)c1. The molecule has 10 heteroatoms. The van der Waals surface area contributed by atoms with Crippen LogP contribution in [0.1, 0.15) is 5.56 Å². The molecule has 0 heterocycles. The summed E-state index contributed by atoms with van der Waals surface area (Å²) in [6, 6.07) is 2.05. The molecule has 0 radical (unpaired) electrons. The first-order chi connectivity index (χ1) is 8.00. The van der Waals surface area contributed by atoms with Crippen LogP contribution in [0.15, 0.2) is 18.2 Å². The minimum absolute atomic E-state index is 0.360. The second-order valence-corrected chi connectivity index (χ2v) is 7.15. The summed E-state index contributed by atoms with van der Waals surface area (Å²) in [5, 5.41) is 10.5. The van der Waals surface area contributed by atoms with E-state index in [-0.39, 0.29) is 5.75 Å². The van der Waals surface area contributed by atoms with Gasteiger partial charge >= 0.3 is 6.18 Å². The summed E-state index contributed by atoms with van der Waals surface area (Å²) in [6.07, 6.45) is -4.90. The van der Waals surface area contributed by atoms with E-state index in [1.165, 1.54) is 0 Å². The zero-order valence-electron chi connectivity index (χ0n) is 8.84. The quantitative estimate of drug-likeness (QED) is 0.528. The first-order valence-electron chi connectivity index (χ1n) is 4.36. The zero-order valence-corrected chi connectivity index (χ0v) is 10.6. The van der Waals surface area contributed by atoms with Gasteiger partial charge in [0, 0.05) is 12.7 Å². The summed E-state index contributed by atoms with van der Waals surface area (Å²) in [7, 11) is 0. The maximum absolute atomic E-state index is 12.6. The largest absolute Gasteiger partial charge is 0.444 e. The molecule has 0 aliphatic rings. The predicted octanol–water partition coefficient (Wildman–Crippen LogP) is 2.92. The van der Waals surface area contributed by atoms with Gasteiger partial charge in [-0.2, -0.15) is 13.2 Å². The van der Waals surface area contributed by atoms with Crippen LogP contribution in [0, 0.1) is 10.1 Å². The van der Waals surface area contributed by atoms with Crippen molar-refractivity contribution < 1.29 is 27.5 Å². The number of rotatable bonds is 3. The van der Waals surface area contributed by atoms with Gasteiger partial charge in [0.2, 0.25) is 6.49 Å². The molecule has 0 amide bonds. The number of hydrogen-bond acceptors (Lipinski definition) is 4. The van der Waals surface area contributed by atoms with Crippen LogP contribution in [0.4, 0.5) is 18.9 Å². The van der Waals surface area contributed by atoms with Crippen LogP contribution in [0.5, 0.6) is 5.75 Å². The molecule has 1 aromatic rings. The van der Waals surface area contributed by atoms with Gasteiger partial charge in [-0.1, -0.05) is 0 Å². The lowest BCUT2D eigenvalue weighted by molar-refractivity contribution is -0.388. The van der Waals surface area contributed by atoms with Gasteiger partial charge in [-0.05, 0) is 23.9 Å². The molecular weight excluding hydrogens is 294 g/mol. The summed E-state index contributed by atoms with van der Waals surface area (Å²) in [5.74, 6) is -0.360. The Labute approximate surface area is 105 Å². The van der Waals surface area contributed by atoms with Gasteiger partial charge in [0.1, 0.15) is 11.3 Å². The first kappa shape index (κ1) is 14.9. The van der Waals surface area contributed by atoms with E-state index in [1.807, 2.05) is 0 Å². The molecule has 1 atom stereocenters. The van der Waals surface area contributed by atoms with Crippen LogP contribution in [-0.2, 0) is 18.0 Å². The molecule has 0 spiro atoms. The fraction of sp³-hybridized carbons (Fsp3) is 0.250. The number of nitro groups is 1. The Morgan fingerprint density at radius 1 is 1.50 bits per heavy atom. The highest BCUT2D eigenvalue weighted by Crippen LogP contribution is 2.43. The molecule has 1 aromatic carbocycles. The van der Waals surface area contributed by atoms with E-state index in [9.17, 15) is 28.2 Å². The van der Waals surface area contributed by atoms with Gasteiger partial charge in [-0.15, -0.1) is 0 Å². The fourth-order valence-corrected chi connectivity index (χ4v) is 1.92. The molecule has 100 valence electrons. The van der Waals surface area contributed by atoms with Gasteiger partial charge in [-0.3, -0.25) is 10.1 Å². The highest BCUT2D eigenvalue weighted by Gasteiger charge is 2.38. The molecule has 0 aromatic heterocycles. The van der Waals surface area contributed by atoms with E-state index in [0.717, 1.165) is 12.7 Å². The number of benzene rings is 1. The average molecular weight is 301 g/mol. The van der Waals surface area contributed by atoms with Crippen LogP contribution in [0.2, 0.25) is 0 Å². The van der Waals surface area contributed by atoms with E-state index >= 15 is 0 Å². The van der Waals surface area contributed by atoms with Gasteiger partial charge in [0.25, 0.3) is 5.69 Å². The van der Waals surface area contributed by atoms with E-state index in [4.69, 9.17) is 4.52 Å². The van der Waals surface area contributed by atoms with Crippen molar-refractivity contribution in [3.05, 3.63) is 33.9 Å². The van der Waals surface area contributed by atoms with Crippen LogP contribution >= 0.6 is 6.49 Å². The molecule has 0 saturated heterocycles. The third-order valence-corrected chi connectivity index (χ3v) is 2.52. The summed E-state index contributed by atoms with van der Waals surface area (Å²) >= 11 is 4.52. The molecule has 1 unspecified atom stereocenters. The summed E-state index contributed by atoms with van der Waals surface area (Å²) in [5.41, 5.74) is -2.54. The Bertz CT molecular complexity index is 528. The number of halogens is 3. The Kier molecular flexibility index (Phi) is 3.99. The van der Waals surface area contributed by atoms with Crippen molar-refractivity contribution in [3.8, 4) is 5.75 Å². The highest BCUT2D eigenvalue weighted by atomic mass is 32.5. The highest BCUT2D eigenvalue weighted by molar-refractivity contribution is 8.09. The smallest absolute Gasteiger partial charge is 0.423 e. The Morgan fingerprint density at radius 2 is 2.06 bits per heavy atom. The molecule has 0 bridgehead atoms. The summed E-state index contributed by atoms with van der Waals surface area (Å²) < 4.78 is 42.5. The first-order valence-corrected chi connectivity index (χ1v) is 7.48. The summed E-state index contributed by atoms with van der Waals surface area (Å²) in [6.45, 7) is -2.05. The molecule has 0 saturated carbocycles. The minimum atomic E-state index is -4.90. The van der Waals surface area contributed by atoms with Crippen LogP contribution < -0.4 is 4.52 Å².